The molecule has 5 nitrogen and oxygen atoms in total. The SMILES string of the molecule is C=C1OC(O)[C@H](OC)[C@@H](O)[C@@H]1O. The quantitative estimate of drug-likeness (QED) is 0.457. The highest BCUT2D eigenvalue weighted by Gasteiger charge is 2.40. The van der Waals surface area contributed by atoms with E-state index in [1.165, 1.54) is 7.11 Å². The third kappa shape index (κ3) is 1.44. The van der Waals surface area contributed by atoms with Crippen LogP contribution in [0.15, 0.2) is 12.3 Å². The van der Waals surface area contributed by atoms with Gasteiger partial charge in [-0.05, 0) is 0 Å². The number of methoxy groups -OCH3 is 1. The van der Waals surface area contributed by atoms with E-state index >= 15 is 0 Å². The first-order chi connectivity index (χ1) is 5.57. The summed E-state index contributed by atoms with van der Waals surface area (Å²) in [6.07, 6.45) is -4.63. The molecule has 1 heterocycles. The van der Waals surface area contributed by atoms with Crippen molar-refractivity contribution in [2.24, 2.45) is 0 Å². The average Bonchev–Trinajstić information content (AvgIpc) is 2.01. The van der Waals surface area contributed by atoms with Crippen LogP contribution in [0.3, 0.4) is 0 Å². The molecule has 70 valence electrons. The zero-order chi connectivity index (χ0) is 9.30. The molecule has 4 atom stereocenters. The zero-order valence-corrected chi connectivity index (χ0v) is 6.67. The first-order valence-electron chi connectivity index (χ1n) is 3.50. The summed E-state index contributed by atoms with van der Waals surface area (Å²) in [6, 6.07) is 0. The smallest absolute Gasteiger partial charge is 0.226 e. The minimum atomic E-state index is -1.28. The van der Waals surface area contributed by atoms with E-state index < -0.39 is 24.6 Å². The predicted octanol–water partition coefficient (Wildman–Crippen LogP) is -1.41. The molecule has 1 fully saturated rings. The second-order valence-electron chi connectivity index (χ2n) is 2.61. The normalized spacial score (nSPS) is 42.5. The summed E-state index contributed by atoms with van der Waals surface area (Å²) in [4.78, 5) is 0. The second-order valence-corrected chi connectivity index (χ2v) is 2.61. The van der Waals surface area contributed by atoms with Gasteiger partial charge < -0.3 is 24.8 Å². The summed E-state index contributed by atoms with van der Waals surface area (Å²) >= 11 is 0. The molecule has 0 aromatic rings. The van der Waals surface area contributed by atoms with Crippen molar-refractivity contribution in [3.05, 3.63) is 12.3 Å². The fourth-order valence-electron chi connectivity index (χ4n) is 1.09. The number of rotatable bonds is 1. The molecule has 1 aliphatic rings. The highest BCUT2D eigenvalue weighted by molar-refractivity contribution is 5.03. The highest BCUT2D eigenvalue weighted by atomic mass is 16.6. The van der Waals surface area contributed by atoms with Gasteiger partial charge in [0.25, 0.3) is 0 Å². The molecule has 5 heteroatoms. The van der Waals surface area contributed by atoms with Crippen molar-refractivity contribution in [2.45, 2.75) is 24.6 Å². The number of hydrogen-bond acceptors (Lipinski definition) is 5. The van der Waals surface area contributed by atoms with Crippen molar-refractivity contribution in [1.82, 2.24) is 0 Å². The number of aliphatic hydroxyl groups is 3. The van der Waals surface area contributed by atoms with E-state index in [9.17, 15) is 10.2 Å². The molecule has 0 aliphatic carbocycles. The Bertz CT molecular complexity index is 181. The molecule has 3 N–H and O–H groups in total. The maximum Gasteiger partial charge on any atom is 0.226 e. The Morgan fingerprint density at radius 1 is 1.42 bits per heavy atom. The summed E-state index contributed by atoms with van der Waals surface area (Å²) in [5.41, 5.74) is 0. The van der Waals surface area contributed by atoms with E-state index in [1.807, 2.05) is 0 Å². The van der Waals surface area contributed by atoms with E-state index in [-0.39, 0.29) is 5.76 Å². The number of hydrogen-bond donors (Lipinski definition) is 3. The Balaban J connectivity index is 2.72. The van der Waals surface area contributed by atoms with Gasteiger partial charge in [-0.15, -0.1) is 0 Å². The van der Waals surface area contributed by atoms with Gasteiger partial charge in [0.2, 0.25) is 6.29 Å². The fourth-order valence-corrected chi connectivity index (χ4v) is 1.09. The molecule has 1 saturated heterocycles. The lowest BCUT2D eigenvalue weighted by Gasteiger charge is -2.35. The van der Waals surface area contributed by atoms with Crippen LogP contribution in [0, 0.1) is 0 Å². The molecule has 0 saturated carbocycles. The van der Waals surface area contributed by atoms with Crippen LogP contribution in [0.4, 0.5) is 0 Å². The summed E-state index contributed by atoms with van der Waals surface area (Å²) < 4.78 is 9.41. The Morgan fingerprint density at radius 2 is 2.00 bits per heavy atom. The van der Waals surface area contributed by atoms with Gasteiger partial charge in [-0.25, -0.2) is 0 Å². The van der Waals surface area contributed by atoms with E-state index in [2.05, 4.69) is 6.58 Å². The standard InChI is InChI=1S/C7H12O5/c1-3-4(8)5(9)6(11-2)7(10)12-3/h4-10H,1H2,2H3/t4-,5+,6-,7?/m1/s1. The van der Waals surface area contributed by atoms with E-state index in [0.717, 1.165) is 0 Å². The Kier molecular flexibility index (Phi) is 2.69. The van der Waals surface area contributed by atoms with Gasteiger partial charge in [0.15, 0.2) is 0 Å². The van der Waals surface area contributed by atoms with Crippen molar-refractivity contribution in [1.29, 1.82) is 0 Å². The summed E-state index contributed by atoms with van der Waals surface area (Å²) in [7, 11) is 1.31. The molecule has 0 bridgehead atoms. The molecule has 12 heavy (non-hydrogen) atoms. The van der Waals surface area contributed by atoms with Crippen molar-refractivity contribution in [3.8, 4) is 0 Å². The van der Waals surface area contributed by atoms with Gasteiger partial charge in [-0.1, -0.05) is 6.58 Å². The number of ether oxygens (including phenoxy) is 2. The van der Waals surface area contributed by atoms with Crippen LogP contribution < -0.4 is 0 Å². The molecular weight excluding hydrogens is 164 g/mol. The van der Waals surface area contributed by atoms with E-state index in [1.54, 1.807) is 0 Å². The first-order valence-corrected chi connectivity index (χ1v) is 3.50. The minimum absolute atomic E-state index is 0.0525. The molecule has 1 aliphatic heterocycles. The fraction of sp³-hybridized carbons (Fsp3) is 0.714. The first kappa shape index (κ1) is 9.47. The van der Waals surface area contributed by atoms with Crippen molar-refractivity contribution in [2.75, 3.05) is 7.11 Å². The average molecular weight is 176 g/mol. The van der Waals surface area contributed by atoms with Crippen molar-refractivity contribution >= 4 is 0 Å². The van der Waals surface area contributed by atoms with Crippen LogP contribution in [0.25, 0.3) is 0 Å². The summed E-state index contributed by atoms with van der Waals surface area (Å²) in [5, 5.41) is 27.7. The summed E-state index contributed by atoms with van der Waals surface area (Å²) in [6.45, 7) is 3.32. The lowest BCUT2D eigenvalue weighted by Crippen LogP contribution is -2.52. The lowest BCUT2D eigenvalue weighted by molar-refractivity contribution is -0.232. The van der Waals surface area contributed by atoms with Gasteiger partial charge in [0, 0.05) is 7.11 Å². The van der Waals surface area contributed by atoms with Crippen LogP contribution in [0.5, 0.6) is 0 Å². The molecule has 1 rings (SSSR count). The topological polar surface area (TPSA) is 79.2 Å². The van der Waals surface area contributed by atoms with Gasteiger partial charge in [0.1, 0.15) is 24.1 Å². The predicted molar refractivity (Wildman–Crippen MR) is 39.0 cm³/mol. The molecule has 0 amide bonds. The van der Waals surface area contributed by atoms with E-state index in [0.29, 0.717) is 0 Å². The molecule has 0 spiro atoms. The summed E-state index contributed by atoms with van der Waals surface area (Å²) in [5.74, 6) is -0.0525. The Labute approximate surface area is 69.8 Å². The Morgan fingerprint density at radius 3 is 2.50 bits per heavy atom. The molecule has 0 aromatic heterocycles. The van der Waals surface area contributed by atoms with Crippen molar-refractivity contribution in [3.63, 3.8) is 0 Å². The van der Waals surface area contributed by atoms with Gasteiger partial charge >= 0.3 is 0 Å². The molecule has 1 unspecified atom stereocenters. The molecule has 0 radical (unpaired) electrons. The van der Waals surface area contributed by atoms with Gasteiger partial charge in [0.05, 0.1) is 0 Å². The maximum absolute atomic E-state index is 9.30. The minimum Gasteiger partial charge on any atom is -0.464 e. The third-order valence-corrected chi connectivity index (χ3v) is 1.82. The van der Waals surface area contributed by atoms with Crippen LogP contribution >= 0.6 is 0 Å². The van der Waals surface area contributed by atoms with Crippen molar-refractivity contribution < 1.29 is 24.8 Å². The number of aliphatic hydroxyl groups excluding tert-OH is 3. The Hall–Kier alpha value is -0.620. The van der Waals surface area contributed by atoms with Crippen LogP contribution in [-0.2, 0) is 9.47 Å². The zero-order valence-electron chi connectivity index (χ0n) is 6.67. The molecular formula is C7H12O5. The van der Waals surface area contributed by atoms with Crippen LogP contribution in [-0.4, -0.2) is 47.0 Å². The highest BCUT2D eigenvalue weighted by Crippen LogP contribution is 2.22. The second kappa shape index (κ2) is 3.40. The monoisotopic (exact) mass is 176 g/mol. The largest absolute Gasteiger partial charge is 0.464 e. The van der Waals surface area contributed by atoms with Crippen LogP contribution in [0.2, 0.25) is 0 Å². The third-order valence-electron chi connectivity index (χ3n) is 1.82. The van der Waals surface area contributed by atoms with Gasteiger partial charge in [-0.2, -0.15) is 0 Å². The van der Waals surface area contributed by atoms with Gasteiger partial charge in [-0.3, -0.25) is 0 Å². The lowest BCUT2D eigenvalue weighted by atomic mass is 10.0. The molecule has 0 aromatic carbocycles. The maximum atomic E-state index is 9.30. The van der Waals surface area contributed by atoms with Crippen LogP contribution in [0.1, 0.15) is 0 Å². The van der Waals surface area contributed by atoms with E-state index in [4.69, 9.17) is 14.6 Å².